The summed E-state index contributed by atoms with van der Waals surface area (Å²) in [5, 5.41) is 17.3. The lowest BCUT2D eigenvalue weighted by molar-refractivity contribution is 0.228. The van der Waals surface area contributed by atoms with Crippen LogP contribution in [0.15, 0.2) is 63.9 Å². The SMILES string of the molecule is CN=NC(=NN)c1ccc2c(c1)[nH]c1nc(Cc3ccccc3)nc(NCCCN3CCCCC3)c12. The number of nitrogens with one attached hydrogen (secondary N) is 2. The van der Waals surface area contributed by atoms with E-state index in [2.05, 4.69) is 42.7 Å². The number of amidine groups is 1. The first kappa shape index (κ1) is 23.9. The van der Waals surface area contributed by atoms with Gasteiger partial charge in [-0.1, -0.05) is 48.9 Å². The molecule has 0 aliphatic carbocycles. The predicted octanol–water partition coefficient (Wildman–Crippen LogP) is 4.69. The van der Waals surface area contributed by atoms with Crippen molar-refractivity contribution in [1.29, 1.82) is 0 Å². The first-order valence-electron chi connectivity index (χ1n) is 12.7. The molecule has 0 radical (unpaired) electrons. The van der Waals surface area contributed by atoms with E-state index >= 15 is 0 Å². The zero-order chi connectivity index (χ0) is 24.7. The highest BCUT2D eigenvalue weighted by Crippen LogP contribution is 2.31. The highest BCUT2D eigenvalue weighted by atomic mass is 15.2. The number of benzene rings is 2. The molecule has 1 fully saturated rings. The van der Waals surface area contributed by atoms with Crippen LogP contribution in [-0.2, 0) is 6.42 Å². The quantitative estimate of drug-likeness (QED) is 0.0838. The fraction of sp³-hybridized carbons (Fsp3) is 0.370. The van der Waals surface area contributed by atoms with E-state index in [-0.39, 0.29) is 0 Å². The Bertz CT molecular complexity index is 1370. The molecule has 3 heterocycles. The Morgan fingerprint density at radius 3 is 2.69 bits per heavy atom. The lowest BCUT2D eigenvalue weighted by atomic mass is 10.1. The van der Waals surface area contributed by atoms with Crippen LogP contribution in [0.1, 0.15) is 42.6 Å². The van der Waals surface area contributed by atoms with E-state index in [0.717, 1.165) is 58.7 Å². The van der Waals surface area contributed by atoms with Crippen LogP contribution in [0.5, 0.6) is 0 Å². The van der Waals surface area contributed by atoms with Gasteiger partial charge in [0.15, 0.2) is 5.84 Å². The van der Waals surface area contributed by atoms with E-state index in [1.807, 2.05) is 36.4 Å². The molecule has 0 unspecified atom stereocenters. The predicted molar refractivity (Wildman–Crippen MR) is 146 cm³/mol. The lowest BCUT2D eigenvalue weighted by Gasteiger charge is -2.26. The van der Waals surface area contributed by atoms with Gasteiger partial charge in [0.05, 0.1) is 5.39 Å². The van der Waals surface area contributed by atoms with Crippen molar-refractivity contribution >= 4 is 33.6 Å². The second-order valence-corrected chi connectivity index (χ2v) is 9.20. The summed E-state index contributed by atoms with van der Waals surface area (Å²) in [7, 11) is 1.60. The number of H-pyrrole nitrogens is 1. The smallest absolute Gasteiger partial charge is 0.200 e. The second-order valence-electron chi connectivity index (χ2n) is 9.20. The summed E-state index contributed by atoms with van der Waals surface area (Å²) in [5.41, 5.74) is 3.71. The number of anilines is 1. The van der Waals surface area contributed by atoms with Crippen molar-refractivity contribution in [2.45, 2.75) is 32.1 Å². The molecule has 0 bridgehead atoms. The van der Waals surface area contributed by atoms with Crippen molar-refractivity contribution in [1.82, 2.24) is 19.9 Å². The first-order chi connectivity index (χ1) is 17.7. The highest BCUT2D eigenvalue weighted by Gasteiger charge is 2.16. The number of azo groups is 1. The third-order valence-electron chi connectivity index (χ3n) is 6.67. The number of likely N-dealkylation sites (tertiary alicyclic amines) is 1. The Morgan fingerprint density at radius 2 is 1.92 bits per heavy atom. The van der Waals surface area contributed by atoms with Gasteiger partial charge in [-0.05, 0) is 50.5 Å². The third kappa shape index (κ3) is 5.36. The summed E-state index contributed by atoms with van der Waals surface area (Å²) in [6.45, 7) is 4.41. The molecule has 0 saturated carbocycles. The van der Waals surface area contributed by atoms with Crippen LogP contribution in [-0.4, -0.2) is 58.9 Å². The molecule has 2 aromatic heterocycles. The topological polar surface area (TPSA) is 120 Å². The van der Waals surface area contributed by atoms with Gasteiger partial charge < -0.3 is 21.0 Å². The van der Waals surface area contributed by atoms with Crippen LogP contribution in [0.25, 0.3) is 21.9 Å². The fourth-order valence-corrected chi connectivity index (χ4v) is 4.92. The van der Waals surface area contributed by atoms with Crippen LogP contribution < -0.4 is 11.2 Å². The maximum absolute atomic E-state index is 5.54. The van der Waals surface area contributed by atoms with Gasteiger partial charge in [0.25, 0.3) is 0 Å². The fourth-order valence-electron chi connectivity index (χ4n) is 4.92. The number of nitrogens with zero attached hydrogens (tertiary/aromatic N) is 6. The molecule has 2 aromatic carbocycles. The van der Waals surface area contributed by atoms with Gasteiger partial charge in [0.2, 0.25) is 0 Å². The van der Waals surface area contributed by atoms with Crippen molar-refractivity contribution in [3.63, 3.8) is 0 Å². The number of hydrogen-bond donors (Lipinski definition) is 3. The first-order valence-corrected chi connectivity index (χ1v) is 12.7. The van der Waals surface area contributed by atoms with E-state index < -0.39 is 0 Å². The van der Waals surface area contributed by atoms with E-state index in [1.54, 1.807) is 7.05 Å². The van der Waals surface area contributed by atoms with Crippen LogP contribution in [0.2, 0.25) is 0 Å². The lowest BCUT2D eigenvalue weighted by Crippen LogP contribution is -2.31. The summed E-state index contributed by atoms with van der Waals surface area (Å²) >= 11 is 0. The molecule has 9 heteroatoms. The van der Waals surface area contributed by atoms with Gasteiger partial charge in [-0.3, -0.25) is 0 Å². The minimum absolute atomic E-state index is 0.380. The number of nitrogens with two attached hydrogens (primary N) is 1. The highest BCUT2D eigenvalue weighted by molar-refractivity contribution is 6.13. The number of hydrazone groups is 1. The Hall–Kier alpha value is -3.85. The summed E-state index contributed by atoms with van der Waals surface area (Å²) in [6.07, 6.45) is 5.73. The number of rotatable bonds is 8. The number of fused-ring (bicyclic) bond motifs is 3. The molecule has 9 nitrogen and oxygen atoms in total. The van der Waals surface area contributed by atoms with Crippen LogP contribution in [0.4, 0.5) is 5.82 Å². The molecule has 1 aliphatic heterocycles. The Morgan fingerprint density at radius 1 is 1.08 bits per heavy atom. The van der Waals surface area contributed by atoms with Gasteiger partial charge in [-0.2, -0.15) is 10.2 Å². The normalized spacial score (nSPS) is 15.3. The minimum atomic E-state index is 0.380. The van der Waals surface area contributed by atoms with Gasteiger partial charge >= 0.3 is 0 Å². The average molecular weight is 484 g/mol. The van der Waals surface area contributed by atoms with Crippen LogP contribution in [0, 0.1) is 0 Å². The number of aromatic amines is 1. The minimum Gasteiger partial charge on any atom is -0.369 e. The van der Waals surface area contributed by atoms with Gasteiger partial charge in [-0.25, -0.2) is 9.97 Å². The third-order valence-corrected chi connectivity index (χ3v) is 6.67. The molecular weight excluding hydrogens is 450 g/mol. The monoisotopic (exact) mass is 483 g/mol. The van der Waals surface area contributed by atoms with Gasteiger partial charge in [-0.15, -0.1) is 5.11 Å². The number of piperidine rings is 1. The largest absolute Gasteiger partial charge is 0.369 e. The molecule has 0 spiro atoms. The van der Waals surface area contributed by atoms with Gasteiger partial charge in [0, 0.05) is 36.5 Å². The maximum atomic E-state index is 5.54. The standard InChI is InChI=1S/C27H33N9/c1-29-35-25(34-28)20-11-12-21-22(18-20)31-27-24(21)26(30-13-8-16-36-14-6-3-7-15-36)32-23(33-27)17-19-9-4-2-5-10-19/h2,4-5,9-12,18H,3,6-8,13-17,28H2,1H3,(H2,30,31,32,33). The van der Waals surface area contributed by atoms with E-state index in [4.69, 9.17) is 15.8 Å². The summed E-state index contributed by atoms with van der Waals surface area (Å²) in [5.74, 6) is 7.56. The van der Waals surface area contributed by atoms with Crippen molar-refractivity contribution in [2.24, 2.45) is 21.2 Å². The molecule has 0 amide bonds. The van der Waals surface area contributed by atoms with Crippen molar-refractivity contribution < 1.29 is 0 Å². The summed E-state index contributed by atoms with van der Waals surface area (Å²) in [6, 6.07) is 16.3. The maximum Gasteiger partial charge on any atom is 0.200 e. The molecule has 1 aliphatic rings. The zero-order valence-electron chi connectivity index (χ0n) is 20.7. The Balaban J connectivity index is 1.47. The summed E-state index contributed by atoms with van der Waals surface area (Å²) in [4.78, 5) is 15.9. The summed E-state index contributed by atoms with van der Waals surface area (Å²) < 4.78 is 0. The van der Waals surface area contributed by atoms with E-state index in [1.165, 1.54) is 37.9 Å². The molecular formula is C27H33N9. The zero-order valence-corrected chi connectivity index (χ0v) is 20.7. The number of aromatic nitrogens is 3. The van der Waals surface area contributed by atoms with Crippen molar-refractivity contribution in [2.75, 3.05) is 38.5 Å². The Kier molecular flexibility index (Phi) is 7.47. The molecule has 4 aromatic rings. The molecule has 36 heavy (non-hydrogen) atoms. The molecule has 4 N–H and O–H groups in total. The van der Waals surface area contributed by atoms with Crippen LogP contribution in [0.3, 0.4) is 0 Å². The van der Waals surface area contributed by atoms with E-state index in [0.29, 0.717) is 12.3 Å². The molecule has 0 atom stereocenters. The molecule has 5 rings (SSSR count). The van der Waals surface area contributed by atoms with Gasteiger partial charge in [0.1, 0.15) is 17.3 Å². The van der Waals surface area contributed by atoms with E-state index in [9.17, 15) is 0 Å². The second kappa shape index (κ2) is 11.3. The molecule has 186 valence electrons. The Labute approximate surface area is 210 Å². The molecule has 1 saturated heterocycles. The van der Waals surface area contributed by atoms with Crippen molar-refractivity contribution in [3.05, 3.63) is 65.5 Å². The number of hydrogen-bond acceptors (Lipinski definition) is 7. The average Bonchev–Trinajstić information content (AvgIpc) is 3.28. The van der Waals surface area contributed by atoms with Crippen molar-refractivity contribution in [3.8, 4) is 0 Å². The van der Waals surface area contributed by atoms with Crippen LogP contribution >= 0.6 is 0 Å².